The first-order valence-electron chi connectivity index (χ1n) is 6.75. The topological polar surface area (TPSA) is 75.4 Å². The van der Waals surface area contributed by atoms with Gasteiger partial charge in [0.25, 0.3) is 5.69 Å². The maximum Gasteiger partial charge on any atom is 0.272 e. The lowest BCUT2D eigenvalue weighted by Crippen LogP contribution is -2.19. The lowest BCUT2D eigenvalue weighted by atomic mass is 10.0. The standard InChI is InChI=1S/C16H18N2O3/c1-11-13(6-5-8-15(11)18(20)21)10-17-12(2)14-7-3-4-9-16(14)19/h3-9,12,17,19H,10H2,1-2H3. The van der Waals surface area contributed by atoms with E-state index in [0.717, 1.165) is 11.1 Å². The minimum absolute atomic E-state index is 0.0511. The predicted octanol–water partition coefficient (Wildman–Crippen LogP) is 3.46. The highest BCUT2D eigenvalue weighted by Crippen LogP contribution is 2.25. The average molecular weight is 286 g/mol. The minimum Gasteiger partial charge on any atom is -0.508 e. The van der Waals surface area contributed by atoms with Gasteiger partial charge in [0.2, 0.25) is 0 Å². The second kappa shape index (κ2) is 6.37. The molecule has 0 aliphatic heterocycles. The normalized spacial score (nSPS) is 12.1. The van der Waals surface area contributed by atoms with E-state index in [2.05, 4.69) is 5.32 Å². The number of para-hydroxylation sites is 1. The Hall–Kier alpha value is -2.40. The molecule has 0 saturated carbocycles. The molecule has 1 unspecified atom stereocenters. The molecule has 110 valence electrons. The van der Waals surface area contributed by atoms with Gasteiger partial charge >= 0.3 is 0 Å². The molecule has 2 N–H and O–H groups in total. The van der Waals surface area contributed by atoms with Gasteiger partial charge in [0.15, 0.2) is 0 Å². The van der Waals surface area contributed by atoms with Crippen LogP contribution in [0.3, 0.4) is 0 Å². The van der Waals surface area contributed by atoms with E-state index >= 15 is 0 Å². The molecule has 0 spiro atoms. The summed E-state index contributed by atoms with van der Waals surface area (Å²) in [5.41, 5.74) is 2.48. The van der Waals surface area contributed by atoms with Gasteiger partial charge in [0.05, 0.1) is 4.92 Å². The number of phenols is 1. The van der Waals surface area contributed by atoms with Crippen LogP contribution in [-0.4, -0.2) is 10.0 Å². The van der Waals surface area contributed by atoms with Crippen molar-refractivity contribution < 1.29 is 10.0 Å². The van der Waals surface area contributed by atoms with Gasteiger partial charge in [-0.3, -0.25) is 10.1 Å². The van der Waals surface area contributed by atoms with E-state index in [1.54, 1.807) is 25.1 Å². The number of rotatable bonds is 5. The summed E-state index contributed by atoms with van der Waals surface area (Å²) in [7, 11) is 0. The first-order valence-corrected chi connectivity index (χ1v) is 6.75. The number of nitrogens with zero attached hydrogens (tertiary/aromatic N) is 1. The van der Waals surface area contributed by atoms with E-state index in [1.807, 2.05) is 25.1 Å². The van der Waals surface area contributed by atoms with Crippen molar-refractivity contribution in [1.29, 1.82) is 0 Å². The number of phenolic OH excluding ortho intramolecular Hbond substituents is 1. The maximum absolute atomic E-state index is 10.9. The molecule has 2 rings (SSSR count). The molecule has 0 saturated heterocycles. The molecule has 1 atom stereocenters. The summed E-state index contributed by atoms with van der Waals surface area (Å²) in [6.45, 7) is 4.20. The summed E-state index contributed by atoms with van der Waals surface area (Å²) in [5, 5.41) is 24.0. The minimum atomic E-state index is -0.370. The van der Waals surface area contributed by atoms with Gasteiger partial charge in [-0.05, 0) is 25.5 Å². The largest absolute Gasteiger partial charge is 0.508 e. The molecule has 0 amide bonds. The van der Waals surface area contributed by atoms with E-state index in [0.29, 0.717) is 12.1 Å². The van der Waals surface area contributed by atoms with Gasteiger partial charge in [0, 0.05) is 29.8 Å². The highest BCUT2D eigenvalue weighted by atomic mass is 16.6. The van der Waals surface area contributed by atoms with Crippen molar-refractivity contribution in [2.75, 3.05) is 0 Å². The zero-order valence-electron chi connectivity index (χ0n) is 12.0. The smallest absolute Gasteiger partial charge is 0.272 e. The van der Waals surface area contributed by atoms with Crippen LogP contribution in [0.5, 0.6) is 5.75 Å². The van der Waals surface area contributed by atoms with Gasteiger partial charge < -0.3 is 10.4 Å². The molecule has 5 nitrogen and oxygen atoms in total. The summed E-state index contributed by atoms with van der Waals surface area (Å²) < 4.78 is 0. The Bertz CT molecular complexity index is 656. The quantitative estimate of drug-likeness (QED) is 0.652. The molecule has 5 heteroatoms. The van der Waals surface area contributed by atoms with E-state index in [4.69, 9.17) is 0 Å². The van der Waals surface area contributed by atoms with E-state index in [-0.39, 0.29) is 22.4 Å². The number of nitro groups is 1. The van der Waals surface area contributed by atoms with Crippen LogP contribution in [0, 0.1) is 17.0 Å². The lowest BCUT2D eigenvalue weighted by Gasteiger charge is -2.16. The molecular weight excluding hydrogens is 268 g/mol. The Balaban J connectivity index is 2.12. The van der Waals surface area contributed by atoms with Crippen molar-refractivity contribution in [3.63, 3.8) is 0 Å². The number of aromatic hydroxyl groups is 1. The maximum atomic E-state index is 10.9. The van der Waals surface area contributed by atoms with Crippen molar-refractivity contribution in [3.05, 3.63) is 69.3 Å². The Labute approximate surface area is 123 Å². The Morgan fingerprint density at radius 2 is 1.95 bits per heavy atom. The van der Waals surface area contributed by atoms with Gasteiger partial charge in [-0.15, -0.1) is 0 Å². The Morgan fingerprint density at radius 3 is 2.62 bits per heavy atom. The summed E-state index contributed by atoms with van der Waals surface area (Å²) >= 11 is 0. The van der Waals surface area contributed by atoms with Crippen molar-refractivity contribution >= 4 is 5.69 Å². The first-order chi connectivity index (χ1) is 10.0. The second-order valence-corrected chi connectivity index (χ2v) is 4.98. The van der Waals surface area contributed by atoms with Crippen LogP contribution in [0.1, 0.15) is 29.7 Å². The molecular formula is C16H18N2O3. The molecule has 0 bridgehead atoms. The van der Waals surface area contributed by atoms with E-state index in [9.17, 15) is 15.2 Å². The summed E-state index contributed by atoms with van der Waals surface area (Å²) in [6, 6.07) is 12.1. The fourth-order valence-electron chi connectivity index (χ4n) is 2.29. The van der Waals surface area contributed by atoms with E-state index in [1.165, 1.54) is 6.07 Å². The third kappa shape index (κ3) is 3.38. The molecule has 0 heterocycles. The first kappa shape index (κ1) is 15.0. The molecule has 0 radical (unpaired) electrons. The zero-order valence-corrected chi connectivity index (χ0v) is 12.0. The second-order valence-electron chi connectivity index (χ2n) is 4.98. The van der Waals surface area contributed by atoms with Crippen LogP contribution in [0.15, 0.2) is 42.5 Å². The summed E-state index contributed by atoms with van der Waals surface area (Å²) in [6.07, 6.45) is 0. The molecule has 21 heavy (non-hydrogen) atoms. The molecule has 0 fully saturated rings. The summed E-state index contributed by atoms with van der Waals surface area (Å²) in [4.78, 5) is 10.6. The third-order valence-corrected chi connectivity index (χ3v) is 3.62. The predicted molar refractivity (Wildman–Crippen MR) is 81.2 cm³/mol. The number of benzene rings is 2. The number of nitro benzene ring substituents is 1. The van der Waals surface area contributed by atoms with Crippen LogP contribution in [0.25, 0.3) is 0 Å². The van der Waals surface area contributed by atoms with Crippen LogP contribution >= 0.6 is 0 Å². The highest BCUT2D eigenvalue weighted by Gasteiger charge is 2.14. The fraction of sp³-hybridized carbons (Fsp3) is 0.250. The molecule has 0 aromatic heterocycles. The number of hydrogen-bond donors (Lipinski definition) is 2. The molecule has 2 aromatic rings. The highest BCUT2D eigenvalue weighted by molar-refractivity contribution is 5.44. The van der Waals surface area contributed by atoms with Crippen LogP contribution in [0.4, 0.5) is 5.69 Å². The third-order valence-electron chi connectivity index (χ3n) is 3.62. The molecule has 0 aliphatic rings. The fourth-order valence-corrected chi connectivity index (χ4v) is 2.29. The van der Waals surface area contributed by atoms with Crippen molar-refractivity contribution in [3.8, 4) is 5.75 Å². The van der Waals surface area contributed by atoms with Gasteiger partial charge in [-0.2, -0.15) is 0 Å². The lowest BCUT2D eigenvalue weighted by molar-refractivity contribution is -0.385. The monoisotopic (exact) mass is 286 g/mol. The molecule has 2 aromatic carbocycles. The van der Waals surface area contributed by atoms with Gasteiger partial charge in [0.1, 0.15) is 5.75 Å². The zero-order chi connectivity index (χ0) is 15.4. The SMILES string of the molecule is Cc1c(CNC(C)c2ccccc2O)cccc1[N+](=O)[O-]. The summed E-state index contributed by atoms with van der Waals surface area (Å²) in [5.74, 6) is 0.244. The van der Waals surface area contributed by atoms with Crippen molar-refractivity contribution in [1.82, 2.24) is 5.32 Å². The number of hydrogen-bond acceptors (Lipinski definition) is 4. The molecule has 0 aliphatic carbocycles. The average Bonchev–Trinajstić information content (AvgIpc) is 2.46. The Kier molecular flexibility index (Phi) is 4.55. The number of nitrogens with one attached hydrogen (secondary N) is 1. The van der Waals surface area contributed by atoms with Crippen molar-refractivity contribution in [2.24, 2.45) is 0 Å². The van der Waals surface area contributed by atoms with Crippen LogP contribution < -0.4 is 5.32 Å². The van der Waals surface area contributed by atoms with E-state index < -0.39 is 0 Å². The van der Waals surface area contributed by atoms with Gasteiger partial charge in [-0.25, -0.2) is 0 Å². The Morgan fingerprint density at radius 1 is 1.24 bits per heavy atom. The van der Waals surface area contributed by atoms with Crippen molar-refractivity contribution in [2.45, 2.75) is 26.4 Å². The van der Waals surface area contributed by atoms with Crippen LogP contribution in [0.2, 0.25) is 0 Å². The van der Waals surface area contributed by atoms with Gasteiger partial charge in [-0.1, -0.05) is 30.3 Å². The van der Waals surface area contributed by atoms with Crippen LogP contribution in [-0.2, 0) is 6.54 Å².